The van der Waals surface area contributed by atoms with E-state index in [0.29, 0.717) is 26.7 Å². The number of phenolic OH excluding ortho intramolecular Hbond substituents is 1. The van der Waals surface area contributed by atoms with Gasteiger partial charge in [-0.05, 0) is 78.9 Å². The van der Waals surface area contributed by atoms with Gasteiger partial charge in [0, 0.05) is 22.5 Å². The summed E-state index contributed by atoms with van der Waals surface area (Å²) in [5.74, 6) is 1.51. The number of aromatic hydroxyl groups is 1. The van der Waals surface area contributed by atoms with E-state index in [-0.39, 0.29) is 17.8 Å². The van der Waals surface area contributed by atoms with Crippen LogP contribution in [0.3, 0.4) is 0 Å². The van der Waals surface area contributed by atoms with Gasteiger partial charge in [-0.3, -0.25) is 4.98 Å². The third-order valence-corrected chi connectivity index (χ3v) is 6.20. The number of pyridine rings is 1. The van der Waals surface area contributed by atoms with E-state index in [4.69, 9.17) is 39.8 Å². The highest BCUT2D eigenvalue weighted by Gasteiger charge is 2.42. The summed E-state index contributed by atoms with van der Waals surface area (Å²) in [4.78, 5) is 6.51. The van der Waals surface area contributed by atoms with Crippen molar-refractivity contribution in [2.75, 3.05) is 4.90 Å². The number of nitrogens with zero attached hydrogens (tertiary/aromatic N) is 2. The second-order valence-corrected chi connectivity index (χ2v) is 8.57. The van der Waals surface area contributed by atoms with Crippen molar-refractivity contribution in [3.63, 3.8) is 0 Å². The zero-order valence-corrected chi connectivity index (χ0v) is 18.9. The van der Waals surface area contributed by atoms with E-state index in [1.165, 1.54) is 0 Å². The van der Waals surface area contributed by atoms with Crippen LogP contribution in [0.4, 0.5) is 5.69 Å². The fourth-order valence-electron chi connectivity index (χ4n) is 3.88. The lowest BCUT2D eigenvalue weighted by molar-refractivity contribution is 0.439. The van der Waals surface area contributed by atoms with Gasteiger partial charge >= 0.3 is 0 Å². The van der Waals surface area contributed by atoms with Gasteiger partial charge in [-0.25, -0.2) is 0 Å². The number of furan rings is 1. The molecule has 0 bridgehead atoms. The smallest absolute Gasteiger partial charge is 0.174 e. The number of anilines is 1. The fraction of sp³-hybridized carbons (Fsp3) is 0.0833. The molecule has 0 amide bonds. The largest absolute Gasteiger partial charge is 0.508 e. The molecule has 4 aromatic rings. The molecule has 2 aromatic carbocycles. The number of rotatable bonds is 4. The maximum absolute atomic E-state index is 9.74. The first-order valence-electron chi connectivity index (χ1n) is 9.86. The maximum atomic E-state index is 9.74. The molecule has 0 saturated carbocycles. The molecule has 1 fully saturated rings. The summed E-state index contributed by atoms with van der Waals surface area (Å²) >= 11 is 18.1. The Bertz CT molecular complexity index is 1280. The zero-order valence-electron chi connectivity index (χ0n) is 16.6. The van der Waals surface area contributed by atoms with E-state index in [2.05, 4.69) is 10.3 Å². The molecule has 3 heterocycles. The van der Waals surface area contributed by atoms with Gasteiger partial charge in [0.1, 0.15) is 23.3 Å². The van der Waals surface area contributed by atoms with Crippen molar-refractivity contribution >= 4 is 46.2 Å². The summed E-state index contributed by atoms with van der Waals surface area (Å²) in [7, 11) is 0. The summed E-state index contributed by atoms with van der Waals surface area (Å²) in [6.45, 7) is 0. The van der Waals surface area contributed by atoms with Gasteiger partial charge in [-0.15, -0.1) is 0 Å². The van der Waals surface area contributed by atoms with E-state index in [9.17, 15) is 5.11 Å². The van der Waals surface area contributed by atoms with Crippen molar-refractivity contribution in [1.82, 2.24) is 10.3 Å². The van der Waals surface area contributed by atoms with Crippen molar-refractivity contribution in [1.29, 1.82) is 0 Å². The van der Waals surface area contributed by atoms with Crippen molar-refractivity contribution < 1.29 is 9.52 Å². The minimum Gasteiger partial charge on any atom is -0.508 e. The van der Waals surface area contributed by atoms with Crippen molar-refractivity contribution in [2.45, 2.75) is 12.1 Å². The number of hydrogen-bond acceptors (Lipinski definition) is 4. The van der Waals surface area contributed by atoms with Gasteiger partial charge in [-0.1, -0.05) is 29.3 Å². The van der Waals surface area contributed by atoms with E-state index < -0.39 is 0 Å². The molecule has 5 rings (SSSR count). The minimum absolute atomic E-state index is 0.183. The van der Waals surface area contributed by atoms with Crippen LogP contribution in [-0.2, 0) is 0 Å². The summed E-state index contributed by atoms with van der Waals surface area (Å²) in [6, 6.07) is 21.2. The number of halogens is 2. The van der Waals surface area contributed by atoms with Gasteiger partial charge in [0.25, 0.3) is 0 Å². The fourth-order valence-corrected chi connectivity index (χ4v) is 4.73. The van der Waals surface area contributed by atoms with Crippen molar-refractivity contribution in [3.8, 4) is 17.1 Å². The lowest BCUT2D eigenvalue weighted by Crippen LogP contribution is -2.29. The zero-order chi connectivity index (χ0) is 22.2. The van der Waals surface area contributed by atoms with Crippen molar-refractivity contribution in [2.24, 2.45) is 0 Å². The average Bonchev–Trinajstić information content (AvgIpc) is 3.39. The molecule has 0 aliphatic carbocycles. The molecular formula is C24H17Cl2N3O2S. The Morgan fingerprint density at radius 2 is 1.81 bits per heavy atom. The Morgan fingerprint density at radius 3 is 2.53 bits per heavy atom. The molecule has 1 aliphatic heterocycles. The molecule has 0 spiro atoms. The number of thiocarbonyl (C=S) groups is 1. The molecule has 2 atom stereocenters. The van der Waals surface area contributed by atoms with E-state index >= 15 is 0 Å². The normalized spacial score (nSPS) is 18.1. The van der Waals surface area contributed by atoms with Crippen molar-refractivity contribution in [3.05, 3.63) is 100 Å². The van der Waals surface area contributed by atoms with Crippen LogP contribution in [-0.4, -0.2) is 15.2 Å². The van der Waals surface area contributed by atoms with Gasteiger partial charge in [0.15, 0.2) is 5.11 Å². The summed E-state index contributed by atoms with van der Waals surface area (Å²) < 4.78 is 6.30. The molecular weight excluding hydrogens is 465 g/mol. The lowest BCUT2D eigenvalue weighted by Gasteiger charge is -2.26. The predicted molar refractivity (Wildman–Crippen MR) is 130 cm³/mol. The molecule has 0 unspecified atom stereocenters. The summed E-state index contributed by atoms with van der Waals surface area (Å²) in [6.07, 6.45) is 1.75. The SMILES string of the molecule is Oc1ccc(N2C(=S)N[C@H](c3ccccn3)[C@H]2c2ccc(-c3ccc(Cl)cc3Cl)o2)cc1. The predicted octanol–water partition coefficient (Wildman–Crippen LogP) is 6.53. The standard InChI is InChI=1S/C24H17Cl2N3O2S/c25-14-4-9-17(18(26)13-14)20-10-11-21(31-20)23-22(19-3-1-2-12-27-19)28-24(32)29(23)15-5-7-16(30)8-6-15/h1-13,22-23,30H,(H,28,32)/t22-,23-/m1/s1. The van der Waals surface area contributed by atoms with Crippen LogP contribution in [0.2, 0.25) is 10.0 Å². The molecule has 160 valence electrons. The topological polar surface area (TPSA) is 61.5 Å². The number of benzene rings is 2. The van der Waals surface area contributed by atoms with E-state index in [0.717, 1.165) is 16.9 Å². The Labute approximate surface area is 200 Å². The monoisotopic (exact) mass is 481 g/mol. The molecule has 32 heavy (non-hydrogen) atoms. The van der Waals surface area contributed by atoms with Crippen LogP contribution in [0.15, 0.2) is 83.4 Å². The van der Waals surface area contributed by atoms with Gasteiger partial charge in [-0.2, -0.15) is 0 Å². The molecule has 2 N–H and O–H groups in total. The summed E-state index contributed by atoms with van der Waals surface area (Å²) in [5, 5.41) is 14.7. The Kier molecular flexibility index (Phi) is 5.51. The molecule has 8 heteroatoms. The Morgan fingerprint density at radius 1 is 1.00 bits per heavy atom. The number of phenols is 1. The van der Waals surface area contributed by atoms with Crippen LogP contribution in [0.5, 0.6) is 5.75 Å². The van der Waals surface area contributed by atoms with Crippen LogP contribution in [0, 0.1) is 0 Å². The quantitative estimate of drug-likeness (QED) is 0.323. The highest BCUT2D eigenvalue weighted by molar-refractivity contribution is 7.80. The van der Waals surface area contributed by atoms with E-state index in [1.807, 2.05) is 53.4 Å². The Hall–Kier alpha value is -3.06. The summed E-state index contributed by atoms with van der Waals surface area (Å²) in [5.41, 5.74) is 2.41. The third kappa shape index (κ3) is 3.81. The van der Waals surface area contributed by atoms with Gasteiger partial charge in [0.2, 0.25) is 0 Å². The van der Waals surface area contributed by atoms with Crippen LogP contribution in [0.1, 0.15) is 23.5 Å². The molecule has 5 nitrogen and oxygen atoms in total. The first-order valence-corrected chi connectivity index (χ1v) is 11.0. The molecule has 1 aliphatic rings. The second kappa shape index (κ2) is 8.47. The van der Waals surface area contributed by atoms with Crippen LogP contribution in [0.25, 0.3) is 11.3 Å². The first-order chi connectivity index (χ1) is 15.5. The lowest BCUT2D eigenvalue weighted by atomic mass is 10.0. The van der Waals surface area contributed by atoms with Gasteiger partial charge in [0.05, 0.1) is 16.8 Å². The molecule has 2 aromatic heterocycles. The maximum Gasteiger partial charge on any atom is 0.174 e. The van der Waals surface area contributed by atoms with Gasteiger partial charge < -0.3 is 19.7 Å². The first kappa shape index (κ1) is 20.8. The number of hydrogen-bond donors (Lipinski definition) is 2. The number of nitrogens with one attached hydrogen (secondary N) is 1. The molecule has 0 radical (unpaired) electrons. The highest BCUT2D eigenvalue weighted by atomic mass is 35.5. The average molecular weight is 482 g/mol. The Balaban J connectivity index is 1.60. The minimum atomic E-state index is -0.304. The number of aromatic nitrogens is 1. The highest BCUT2D eigenvalue weighted by Crippen LogP contribution is 2.43. The second-order valence-electron chi connectivity index (χ2n) is 7.34. The van der Waals surface area contributed by atoms with Crippen LogP contribution < -0.4 is 10.2 Å². The molecule has 1 saturated heterocycles. The van der Waals surface area contributed by atoms with E-state index in [1.54, 1.807) is 30.5 Å². The third-order valence-electron chi connectivity index (χ3n) is 5.34. The van der Waals surface area contributed by atoms with Crippen LogP contribution >= 0.6 is 35.4 Å².